The van der Waals surface area contributed by atoms with Gasteiger partial charge in [-0.3, -0.25) is 9.62 Å². The molecule has 0 spiro atoms. The number of hydrogen-bond donors (Lipinski definition) is 3. The van der Waals surface area contributed by atoms with Crippen LogP contribution in [0.3, 0.4) is 0 Å². The smallest absolute Gasteiger partial charge is 0.393 e. The van der Waals surface area contributed by atoms with E-state index in [1.807, 2.05) is 20.8 Å². The number of nitrogens with zero attached hydrogens (tertiary/aromatic N) is 1. The molecule has 3 aromatic carbocycles. The zero-order chi connectivity index (χ0) is 30.8. The molecule has 1 aromatic heterocycles. The van der Waals surface area contributed by atoms with Gasteiger partial charge in [0.1, 0.15) is 0 Å². The van der Waals surface area contributed by atoms with Gasteiger partial charge in [-0.25, -0.2) is 22.0 Å². The highest BCUT2D eigenvalue weighted by molar-refractivity contribution is 7.92. The molecular weight excluding hydrogens is 578 g/mol. The predicted octanol–water partition coefficient (Wildman–Crippen LogP) is 5.63. The SMILES string of the molecule is CC(C)(C)c1ccc(S(=O)(=O)Nc2ccc3[nH]c(OC(=O)NCCN4CCOCC4)c(-c4ccc(F)c(F)c4)c3c2)cc1. The minimum absolute atomic E-state index is 0.00246. The van der Waals surface area contributed by atoms with Gasteiger partial charge in [-0.1, -0.05) is 39.0 Å². The van der Waals surface area contributed by atoms with E-state index >= 15 is 0 Å². The number of hydrogen-bond acceptors (Lipinski definition) is 6. The Morgan fingerprint density at radius 2 is 1.72 bits per heavy atom. The molecule has 43 heavy (non-hydrogen) atoms. The Morgan fingerprint density at radius 3 is 2.40 bits per heavy atom. The van der Waals surface area contributed by atoms with Gasteiger partial charge in [0.2, 0.25) is 5.88 Å². The summed E-state index contributed by atoms with van der Waals surface area (Å²) < 4.78 is 68.0. The highest BCUT2D eigenvalue weighted by Crippen LogP contribution is 2.39. The van der Waals surface area contributed by atoms with E-state index in [2.05, 4.69) is 19.9 Å². The molecule has 0 unspecified atom stereocenters. The zero-order valence-corrected chi connectivity index (χ0v) is 25.0. The molecule has 0 bridgehead atoms. The van der Waals surface area contributed by atoms with Gasteiger partial charge in [0.15, 0.2) is 11.6 Å². The Balaban J connectivity index is 1.42. The summed E-state index contributed by atoms with van der Waals surface area (Å²) in [6.45, 7) is 9.89. The molecule has 1 saturated heterocycles. The molecule has 0 aliphatic carbocycles. The summed E-state index contributed by atoms with van der Waals surface area (Å²) >= 11 is 0. The van der Waals surface area contributed by atoms with E-state index in [0.29, 0.717) is 37.2 Å². The van der Waals surface area contributed by atoms with Gasteiger partial charge in [-0.2, -0.15) is 0 Å². The molecule has 1 fully saturated rings. The number of rotatable bonds is 8. The number of fused-ring (bicyclic) bond motifs is 1. The standard InChI is InChI=1S/C31H34F2N4O5S/c1-31(2,3)21-5-8-23(9-6-21)43(39,40)36-22-7-11-27-24(19-22)28(20-4-10-25(32)26(33)18-20)29(35-27)42-30(38)34-12-13-37-14-16-41-17-15-37/h4-11,18-19,35-36H,12-17H2,1-3H3,(H,34,38). The predicted molar refractivity (Wildman–Crippen MR) is 161 cm³/mol. The maximum atomic E-state index is 14.3. The van der Waals surface area contributed by atoms with E-state index in [9.17, 15) is 22.0 Å². The van der Waals surface area contributed by atoms with Crippen LogP contribution in [0.2, 0.25) is 0 Å². The molecule has 1 aliphatic heterocycles. The van der Waals surface area contributed by atoms with Gasteiger partial charge < -0.3 is 19.8 Å². The first-order chi connectivity index (χ1) is 20.4. The molecule has 9 nitrogen and oxygen atoms in total. The quantitative estimate of drug-likeness (QED) is 0.238. The fourth-order valence-corrected chi connectivity index (χ4v) is 5.91. The lowest BCUT2D eigenvalue weighted by molar-refractivity contribution is 0.0385. The van der Waals surface area contributed by atoms with Gasteiger partial charge in [-0.05, 0) is 59.0 Å². The average molecular weight is 613 g/mol. The largest absolute Gasteiger partial charge is 0.413 e. The van der Waals surface area contributed by atoms with E-state index in [0.717, 1.165) is 30.8 Å². The summed E-state index contributed by atoms with van der Waals surface area (Å²) in [4.78, 5) is 18.0. The van der Waals surface area contributed by atoms with Gasteiger partial charge in [0.25, 0.3) is 10.0 Å². The minimum Gasteiger partial charge on any atom is -0.393 e. The molecule has 0 saturated carbocycles. The first-order valence-electron chi connectivity index (χ1n) is 13.9. The second kappa shape index (κ2) is 12.3. The Bertz CT molecular complexity index is 1730. The monoisotopic (exact) mass is 612 g/mol. The van der Waals surface area contributed by atoms with Crippen molar-refractivity contribution in [1.82, 2.24) is 15.2 Å². The molecule has 0 radical (unpaired) electrons. The number of carbonyl (C=O) groups is 1. The van der Waals surface area contributed by atoms with Crippen LogP contribution in [0.5, 0.6) is 5.88 Å². The van der Waals surface area contributed by atoms with E-state index < -0.39 is 27.8 Å². The van der Waals surface area contributed by atoms with Gasteiger partial charge in [0.05, 0.1) is 23.7 Å². The lowest BCUT2D eigenvalue weighted by Gasteiger charge is -2.26. The molecular formula is C31H34F2N4O5S. The van der Waals surface area contributed by atoms with Crippen LogP contribution in [0.15, 0.2) is 65.6 Å². The number of morpholine rings is 1. The third kappa shape index (κ3) is 7.15. The first-order valence-corrected chi connectivity index (χ1v) is 15.4. The van der Waals surface area contributed by atoms with Crippen LogP contribution in [-0.4, -0.2) is 63.8 Å². The lowest BCUT2D eigenvalue weighted by Crippen LogP contribution is -2.41. The normalized spacial score (nSPS) is 14.5. The lowest BCUT2D eigenvalue weighted by atomic mass is 9.87. The Morgan fingerprint density at radius 1 is 1.00 bits per heavy atom. The molecule has 5 rings (SSSR count). The summed E-state index contributed by atoms with van der Waals surface area (Å²) in [6, 6.07) is 14.7. The molecule has 228 valence electrons. The number of aromatic nitrogens is 1. The van der Waals surface area contributed by atoms with Crippen LogP contribution >= 0.6 is 0 Å². The fourth-order valence-electron chi connectivity index (χ4n) is 4.86. The van der Waals surface area contributed by atoms with Crippen LogP contribution in [0.1, 0.15) is 26.3 Å². The van der Waals surface area contributed by atoms with Crippen LogP contribution in [-0.2, 0) is 20.2 Å². The summed E-state index contributed by atoms with van der Waals surface area (Å²) in [5.41, 5.74) is 2.09. The van der Waals surface area contributed by atoms with Crippen molar-refractivity contribution in [3.05, 3.63) is 77.9 Å². The second-order valence-corrected chi connectivity index (χ2v) is 13.1. The summed E-state index contributed by atoms with van der Waals surface area (Å²) in [6.07, 6.45) is -0.733. The number of carbonyl (C=O) groups excluding carboxylic acids is 1. The van der Waals surface area contributed by atoms with Crippen molar-refractivity contribution < 1.29 is 31.5 Å². The van der Waals surface area contributed by atoms with Gasteiger partial charge in [0, 0.05) is 42.8 Å². The Kier molecular flexibility index (Phi) is 8.72. The number of aromatic amines is 1. The van der Waals surface area contributed by atoms with Crippen LogP contribution < -0.4 is 14.8 Å². The average Bonchev–Trinajstić information content (AvgIpc) is 3.31. The summed E-state index contributed by atoms with van der Waals surface area (Å²) in [5.74, 6) is -2.11. The fraction of sp³-hybridized carbons (Fsp3) is 0.323. The minimum atomic E-state index is -3.94. The van der Waals surface area contributed by atoms with Crippen molar-refractivity contribution >= 4 is 32.7 Å². The molecule has 2 heterocycles. The van der Waals surface area contributed by atoms with Gasteiger partial charge >= 0.3 is 6.09 Å². The highest BCUT2D eigenvalue weighted by atomic mass is 32.2. The third-order valence-electron chi connectivity index (χ3n) is 7.25. The zero-order valence-electron chi connectivity index (χ0n) is 24.2. The third-order valence-corrected chi connectivity index (χ3v) is 8.65. The number of benzene rings is 3. The van der Waals surface area contributed by atoms with Crippen molar-refractivity contribution in [3.63, 3.8) is 0 Å². The van der Waals surface area contributed by atoms with E-state index in [4.69, 9.17) is 9.47 Å². The van der Waals surface area contributed by atoms with Crippen LogP contribution in [0, 0.1) is 11.6 Å². The van der Waals surface area contributed by atoms with Crippen molar-refractivity contribution in [1.29, 1.82) is 0 Å². The van der Waals surface area contributed by atoms with Crippen molar-refractivity contribution in [2.75, 3.05) is 44.1 Å². The number of ether oxygens (including phenoxy) is 2. The van der Waals surface area contributed by atoms with Crippen molar-refractivity contribution in [2.24, 2.45) is 0 Å². The Hall–Kier alpha value is -4.00. The topological polar surface area (TPSA) is 113 Å². The second-order valence-electron chi connectivity index (χ2n) is 11.4. The molecule has 0 atom stereocenters. The van der Waals surface area contributed by atoms with E-state index in [1.165, 1.54) is 6.07 Å². The number of H-pyrrole nitrogens is 1. The molecule has 1 amide bonds. The summed E-state index contributed by atoms with van der Waals surface area (Å²) in [5, 5.41) is 3.14. The van der Waals surface area contributed by atoms with E-state index in [-0.39, 0.29) is 33.0 Å². The first kappa shape index (κ1) is 30.5. The molecule has 12 heteroatoms. The van der Waals surface area contributed by atoms with Gasteiger partial charge in [-0.15, -0.1) is 0 Å². The number of nitrogens with one attached hydrogen (secondary N) is 3. The van der Waals surface area contributed by atoms with Crippen molar-refractivity contribution in [3.8, 4) is 17.0 Å². The number of sulfonamides is 1. The number of anilines is 1. The maximum Gasteiger partial charge on any atom is 0.413 e. The molecule has 3 N–H and O–H groups in total. The number of halogens is 2. The van der Waals surface area contributed by atoms with Crippen LogP contribution in [0.25, 0.3) is 22.0 Å². The highest BCUT2D eigenvalue weighted by Gasteiger charge is 2.22. The van der Waals surface area contributed by atoms with Crippen LogP contribution in [0.4, 0.5) is 19.3 Å². The molecule has 1 aliphatic rings. The molecule has 4 aromatic rings. The Labute approximate surface area is 249 Å². The summed E-state index contributed by atoms with van der Waals surface area (Å²) in [7, 11) is -3.94. The van der Waals surface area contributed by atoms with Crippen molar-refractivity contribution in [2.45, 2.75) is 31.1 Å². The maximum absolute atomic E-state index is 14.3. The number of amides is 1. The van der Waals surface area contributed by atoms with E-state index in [1.54, 1.807) is 42.5 Å².